The molecule has 0 aromatic rings. The smallest absolute Gasteiger partial charge is 0.0699 e. The first-order chi connectivity index (χ1) is 1.89. The van der Waals surface area contributed by atoms with E-state index in [1.807, 2.05) is 0 Å². The van der Waals surface area contributed by atoms with Gasteiger partial charge in [0.15, 0.2) is 0 Å². The van der Waals surface area contributed by atoms with Crippen molar-refractivity contribution in [3.05, 3.63) is 0 Å². The molecular weight excluding hydrogens is 62.8 g/mol. The van der Waals surface area contributed by atoms with Crippen molar-refractivity contribution in [1.82, 2.24) is 0 Å². The standard InChI is InChI=1S/C3H5B.H2O/c4-3-1-2-3;/h3H,1-2H2;1H2. The maximum absolute atomic E-state index is 5.22. The van der Waals surface area contributed by atoms with Gasteiger partial charge >= 0.3 is 0 Å². The minimum Gasteiger partial charge on any atom is -0.412 e. The number of hydrogen-bond donors (Lipinski definition) is 0. The molecule has 0 aromatic heterocycles. The monoisotopic (exact) mass is 70.1 g/mol. The first-order valence-electron chi connectivity index (χ1n) is 1.65. The van der Waals surface area contributed by atoms with Gasteiger partial charge < -0.3 is 5.48 Å². The van der Waals surface area contributed by atoms with E-state index in [1.54, 1.807) is 0 Å². The summed E-state index contributed by atoms with van der Waals surface area (Å²) in [6, 6.07) is 0. The van der Waals surface area contributed by atoms with Gasteiger partial charge in [-0.05, 0) is 0 Å². The van der Waals surface area contributed by atoms with Gasteiger partial charge in [-0.15, -0.1) is 0 Å². The van der Waals surface area contributed by atoms with Crippen LogP contribution in [0.25, 0.3) is 0 Å². The second-order valence-corrected chi connectivity index (χ2v) is 1.34. The van der Waals surface area contributed by atoms with Crippen LogP contribution in [-0.4, -0.2) is 13.3 Å². The SMILES string of the molecule is O.[B]C1CC1. The van der Waals surface area contributed by atoms with Crippen molar-refractivity contribution in [2.24, 2.45) is 0 Å². The summed E-state index contributed by atoms with van der Waals surface area (Å²) in [4.78, 5) is 0. The normalized spacial score (nSPS) is 20.8. The largest absolute Gasteiger partial charge is 0.412 e. The summed E-state index contributed by atoms with van der Waals surface area (Å²) in [5, 5.41) is 0. The van der Waals surface area contributed by atoms with Crippen molar-refractivity contribution in [1.29, 1.82) is 0 Å². The van der Waals surface area contributed by atoms with Gasteiger partial charge in [-0.25, -0.2) is 0 Å². The molecule has 0 amide bonds. The fourth-order valence-electron chi connectivity index (χ4n) is 0.0962. The Labute approximate surface area is 33.1 Å². The van der Waals surface area contributed by atoms with E-state index in [1.165, 1.54) is 12.8 Å². The van der Waals surface area contributed by atoms with Crippen molar-refractivity contribution in [2.75, 3.05) is 0 Å². The predicted octanol–water partition coefficient (Wildman–Crippen LogP) is -0.0875. The van der Waals surface area contributed by atoms with E-state index in [2.05, 4.69) is 0 Å². The van der Waals surface area contributed by atoms with E-state index in [4.69, 9.17) is 7.85 Å². The highest BCUT2D eigenvalue weighted by molar-refractivity contribution is 6.13. The molecule has 0 aliphatic heterocycles. The van der Waals surface area contributed by atoms with Crippen LogP contribution in [0.3, 0.4) is 0 Å². The molecule has 0 spiro atoms. The minimum absolute atomic E-state index is 0. The second kappa shape index (κ2) is 1.46. The molecule has 5 heavy (non-hydrogen) atoms. The van der Waals surface area contributed by atoms with E-state index in [9.17, 15) is 0 Å². The van der Waals surface area contributed by atoms with Gasteiger partial charge in [-0.3, -0.25) is 0 Å². The molecule has 0 bridgehead atoms. The fourth-order valence-corrected chi connectivity index (χ4v) is 0.0962. The molecule has 0 atom stereocenters. The lowest BCUT2D eigenvalue weighted by Crippen LogP contribution is -1.47. The molecule has 0 unspecified atom stereocenters. The molecule has 2 N–H and O–H groups in total. The Morgan fingerprint density at radius 1 is 1.40 bits per heavy atom. The van der Waals surface area contributed by atoms with Crippen LogP contribution < -0.4 is 0 Å². The minimum atomic E-state index is 0. The molecule has 28 valence electrons. The van der Waals surface area contributed by atoms with Crippen LogP contribution in [0.1, 0.15) is 12.8 Å². The molecule has 2 heteroatoms. The van der Waals surface area contributed by atoms with Crippen LogP contribution in [0.5, 0.6) is 0 Å². The Balaban J connectivity index is 0.000000160. The summed E-state index contributed by atoms with van der Waals surface area (Å²) in [5.74, 6) is 0.583. The van der Waals surface area contributed by atoms with E-state index in [0.29, 0.717) is 5.82 Å². The van der Waals surface area contributed by atoms with Gasteiger partial charge in [-0.2, -0.15) is 0 Å². The highest BCUT2D eigenvalue weighted by atomic mass is 16.0. The van der Waals surface area contributed by atoms with Crippen molar-refractivity contribution in [3.63, 3.8) is 0 Å². The molecule has 2 radical (unpaired) electrons. The molecule has 0 aromatic carbocycles. The van der Waals surface area contributed by atoms with Gasteiger partial charge in [0.05, 0.1) is 7.85 Å². The summed E-state index contributed by atoms with van der Waals surface area (Å²) in [5.41, 5.74) is 0. The van der Waals surface area contributed by atoms with Crippen molar-refractivity contribution >= 4 is 7.85 Å². The highest BCUT2D eigenvalue weighted by Crippen LogP contribution is 2.31. The Morgan fingerprint density at radius 2 is 1.60 bits per heavy atom. The van der Waals surface area contributed by atoms with E-state index in [-0.39, 0.29) is 5.48 Å². The molecule has 0 saturated heterocycles. The van der Waals surface area contributed by atoms with E-state index >= 15 is 0 Å². The average molecular weight is 69.9 g/mol. The topological polar surface area (TPSA) is 31.5 Å². The zero-order valence-corrected chi connectivity index (χ0v) is 3.07. The predicted molar refractivity (Wildman–Crippen MR) is 22.4 cm³/mol. The fraction of sp³-hybridized carbons (Fsp3) is 1.00. The molecule has 1 rings (SSSR count). The maximum atomic E-state index is 5.22. The van der Waals surface area contributed by atoms with Gasteiger partial charge in [-0.1, -0.05) is 18.7 Å². The first kappa shape index (κ1) is 5.02. The highest BCUT2D eigenvalue weighted by Gasteiger charge is 2.12. The molecule has 1 aliphatic carbocycles. The van der Waals surface area contributed by atoms with Crippen LogP contribution in [0.4, 0.5) is 0 Å². The van der Waals surface area contributed by atoms with Crippen LogP contribution >= 0.6 is 0 Å². The molecule has 1 nitrogen and oxygen atoms in total. The lowest BCUT2D eigenvalue weighted by Gasteiger charge is -1.52. The summed E-state index contributed by atoms with van der Waals surface area (Å²) >= 11 is 0. The van der Waals surface area contributed by atoms with E-state index < -0.39 is 0 Å². The Morgan fingerprint density at radius 3 is 1.60 bits per heavy atom. The van der Waals surface area contributed by atoms with Crippen LogP contribution in [-0.2, 0) is 0 Å². The van der Waals surface area contributed by atoms with Crippen LogP contribution in [0, 0.1) is 0 Å². The van der Waals surface area contributed by atoms with Crippen molar-refractivity contribution in [2.45, 2.75) is 18.7 Å². The molecule has 1 aliphatic rings. The zero-order valence-electron chi connectivity index (χ0n) is 3.07. The summed E-state index contributed by atoms with van der Waals surface area (Å²) < 4.78 is 0. The lowest BCUT2D eigenvalue weighted by molar-refractivity contribution is 0.824. The third-order valence-electron chi connectivity index (χ3n) is 0.622. The summed E-state index contributed by atoms with van der Waals surface area (Å²) in [7, 11) is 5.22. The van der Waals surface area contributed by atoms with Crippen molar-refractivity contribution < 1.29 is 5.48 Å². The summed E-state index contributed by atoms with van der Waals surface area (Å²) in [6.07, 6.45) is 2.53. The third-order valence-corrected chi connectivity index (χ3v) is 0.622. The first-order valence-corrected chi connectivity index (χ1v) is 1.65. The maximum Gasteiger partial charge on any atom is 0.0699 e. The quantitative estimate of drug-likeness (QED) is 0.357. The van der Waals surface area contributed by atoms with Gasteiger partial charge in [0, 0.05) is 0 Å². The zero-order chi connectivity index (χ0) is 2.99. The van der Waals surface area contributed by atoms with Crippen LogP contribution in [0.2, 0.25) is 5.82 Å². The molecule has 1 saturated carbocycles. The van der Waals surface area contributed by atoms with Crippen molar-refractivity contribution in [3.8, 4) is 0 Å². The molecule has 1 fully saturated rings. The summed E-state index contributed by atoms with van der Waals surface area (Å²) in [6.45, 7) is 0. The average Bonchev–Trinajstić information content (AvgIpc) is 1.75. The van der Waals surface area contributed by atoms with Crippen LogP contribution in [0.15, 0.2) is 0 Å². The Bertz CT molecular complexity index is 26.1. The van der Waals surface area contributed by atoms with Gasteiger partial charge in [0.1, 0.15) is 0 Å². The molecule has 0 heterocycles. The second-order valence-electron chi connectivity index (χ2n) is 1.34. The lowest BCUT2D eigenvalue weighted by atomic mass is 10.0. The van der Waals surface area contributed by atoms with Gasteiger partial charge in [0.25, 0.3) is 0 Å². The third kappa shape index (κ3) is 1.80. The molecular formula is C3H7BO. The Kier molecular flexibility index (Phi) is 1.47. The number of rotatable bonds is 0. The number of hydrogen-bond acceptors (Lipinski definition) is 0. The van der Waals surface area contributed by atoms with E-state index in [0.717, 1.165) is 0 Å². The Hall–Kier alpha value is 0.0249. The van der Waals surface area contributed by atoms with Gasteiger partial charge in [0.2, 0.25) is 0 Å².